The third-order valence-corrected chi connectivity index (χ3v) is 7.09. The molecule has 6 nitrogen and oxygen atoms in total. The minimum absolute atomic E-state index is 0.0641. The average molecular weight is 471 g/mol. The number of ether oxygens (including phenoxy) is 1. The molecule has 0 bridgehead atoms. The van der Waals surface area contributed by atoms with Gasteiger partial charge in [-0.1, -0.05) is 40.9 Å². The molecule has 1 aliphatic heterocycles. The van der Waals surface area contributed by atoms with E-state index in [1.54, 1.807) is 30.3 Å². The molecule has 3 rings (SSSR count). The number of nitrogens with one attached hydrogen (secondary N) is 1. The molecule has 0 saturated carbocycles. The molecule has 1 heterocycles. The number of hydrogen-bond donors (Lipinski definition) is 1. The van der Waals surface area contributed by atoms with Crippen LogP contribution in [0.15, 0.2) is 47.4 Å². The van der Waals surface area contributed by atoms with E-state index in [2.05, 4.69) is 9.62 Å². The van der Waals surface area contributed by atoms with E-state index in [-0.39, 0.29) is 17.4 Å². The topological polar surface area (TPSA) is 75.7 Å². The maximum Gasteiger partial charge on any atom is 0.264 e. The van der Waals surface area contributed by atoms with Crippen LogP contribution < -0.4 is 9.46 Å². The summed E-state index contributed by atoms with van der Waals surface area (Å²) >= 11 is 11.9. The predicted octanol–water partition coefficient (Wildman–Crippen LogP) is 4.04. The van der Waals surface area contributed by atoms with Crippen LogP contribution in [0.4, 0.5) is 0 Å². The number of halogens is 2. The van der Waals surface area contributed by atoms with E-state index in [1.165, 1.54) is 12.1 Å². The fourth-order valence-corrected chi connectivity index (χ4v) is 4.53. The Kier molecular flexibility index (Phi) is 7.63. The Morgan fingerprint density at radius 1 is 1.10 bits per heavy atom. The van der Waals surface area contributed by atoms with Gasteiger partial charge in [-0.25, -0.2) is 13.1 Å². The summed E-state index contributed by atoms with van der Waals surface area (Å²) in [6.07, 6.45) is 1.80. The Balaban J connectivity index is 1.42. The summed E-state index contributed by atoms with van der Waals surface area (Å²) < 4.78 is 32.7. The van der Waals surface area contributed by atoms with Gasteiger partial charge in [0.05, 0.1) is 14.9 Å². The van der Waals surface area contributed by atoms with Gasteiger partial charge in [0.15, 0.2) is 0 Å². The summed E-state index contributed by atoms with van der Waals surface area (Å²) in [7, 11) is -3.84. The molecule has 0 atom stereocenters. The molecule has 2 aromatic carbocycles. The van der Waals surface area contributed by atoms with Crippen LogP contribution in [0.25, 0.3) is 0 Å². The lowest BCUT2D eigenvalue weighted by molar-refractivity contribution is -0.119. The summed E-state index contributed by atoms with van der Waals surface area (Å²) in [5.41, 5.74) is 0.951. The van der Waals surface area contributed by atoms with Gasteiger partial charge in [-0.3, -0.25) is 4.79 Å². The summed E-state index contributed by atoms with van der Waals surface area (Å²) in [5.74, 6) is 0.174. The number of benzene rings is 2. The molecule has 162 valence electrons. The van der Waals surface area contributed by atoms with Crippen LogP contribution in [0.5, 0.6) is 5.75 Å². The summed E-state index contributed by atoms with van der Waals surface area (Å²) in [6.45, 7) is 3.90. The van der Waals surface area contributed by atoms with Crippen LogP contribution in [-0.2, 0) is 14.8 Å². The van der Waals surface area contributed by atoms with Crippen molar-refractivity contribution in [2.75, 3.05) is 19.6 Å². The smallest absolute Gasteiger partial charge is 0.264 e. The first-order valence-electron chi connectivity index (χ1n) is 9.69. The van der Waals surface area contributed by atoms with Crippen LogP contribution in [0, 0.1) is 6.92 Å². The maximum atomic E-state index is 12.3. The molecule has 9 heteroatoms. The minimum atomic E-state index is -3.84. The van der Waals surface area contributed by atoms with Crippen molar-refractivity contribution in [2.24, 2.45) is 0 Å². The quantitative estimate of drug-likeness (QED) is 0.660. The van der Waals surface area contributed by atoms with Gasteiger partial charge < -0.3 is 9.64 Å². The molecule has 1 aliphatic rings. The van der Waals surface area contributed by atoms with Gasteiger partial charge in [0, 0.05) is 32.1 Å². The van der Waals surface area contributed by atoms with E-state index in [0.29, 0.717) is 22.3 Å². The van der Waals surface area contributed by atoms with Crippen LogP contribution in [0.1, 0.15) is 24.8 Å². The first-order valence-corrected chi connectivity index (χ1v) is 11.9. The highest BCUT2D eigenvalue weighted by atomic mass is 35.5. The van der Waals surface area contributed by atoms with Gasteiger partial charge in [0.25, 0.3) is 10.0 Å². The van der Waals surface area contributed by atoms with E-state index in [9.17, 15) is 13.2 Å². The van der Waals surface area contributed by atoms with Crippen molar-refractivity contribution < 1.29 is 17.9 Å². The number of piperidine rings is 1. The average Bonchev–Trinajstić information content (AvgIpc) is 2.70. The highest BCUT2D eigenvalue weighted by molar-refractivity contribution is 7.90. The summed E-state index contributed by atoms with van der Waals surface area (Å²) in [5, 5.41) is 0.944. The van der Waals surface area contributed by atoms with Gasteiger partial charge in [0.2, 0.25) is 5.91 Å². The Morgan fingerprint density at radius 2 is 1.77 bits per heavy atom. The van der Waals surface area contributed by atoms with E-state index in [0.717, 1.165) is 31.5 Å². The molecule has 1 saturated heterocycles. The Morgan fingerprint density at radius 3 is 2.40 bits per heavy atom. The van der Waals surface area contributed by atoms with E-state index in [1.807, 2.05) is 6.92 Å². The van der Waals surface area contributed by atoms with Gasteiger partial charge >= 0.3 is 0 Å². The highest BCUT2D eigenvalue weighted by Crippen LogP contribution is 2.28. The van der Waals surface area contributed by atoms with Crippen LogP contribution in [-0.4, -0.2) is 45.0 Å². The lowest BCUT2D eigenvalue weighted by atomic mass is 10.1. The molecule has 0 aliphatic carbocycles. The summed E-state index contributed by atoms with van der Waals surface area (Å²) in [6, 6.07) is 11.6. The van der Waals surface area contributed by atoms with Crippen molar-refractivity contribution in [3.8, 4) is 5.75 Å². The molecule has 0 radical (unpaired) electrons. The predicted molar refractivity (Wildman–Crippen MR) is 118 cm³/mol. The Labute approximate surface area is 187 Å². The van der Waals surface area contributed by atoms with E-state index in [4.69, 9.17) is 27.9 Å². The number of carbonyl (C=O) groups excluding carboxylic acids is 1. The second-order valence-electron chi connectivity index (χ2n) is 7.33. The van der Waals surface area contributed by atoms with Crippen molar-refractivity contribution in [3.63, 3.8) is 0 Å². The van der Waals surface area contributed by atoms with Crippen molar-refractivity contribution in [1.82, 2.24) is 9.62 Å². The highest BCUT2D eigenvalue weighted by Gasteiger charge is 2.22. The first kappa shape index (κ1) is 22.9. The Bertz CT molecular complexity index is 989. The molecule has 0 spiro atoms. The van der Waals surface area contributed by atoms with Crippen molar-refractivity contribution >= 4 is 39.1 Å². The van der Waals surface area contributed by atoms with Crippen molar-refractivity contribution in [1.29, 1.82) is 0 Å². The first-order chi connectivity index (χ1) is 14.2. The molecule has 1 fully saturated rings. The largest absolute Gasteiger partial charge is 0.490 e. The zero-order chi connectivity index (χ0) is 21.7. The fraction of sp³-hybridized carbons (Fsp3) is 0.381. The lowest BCUT2D eigenvalue weighted by Gasteiger charge is -2.32. The fourth-order valence-electron chi connectivity index (χ4n) is 3.23. The van der Waals surface area contributed by atoms with Crippen molar-refractivity contribution in [2.45, 2.75) is 37.2 Å². The van der Waals surface area contributed by atoms with Crippen molar-refractivity contribution in [3.05, 3.63) is 58.1 Å². The molecule has 0 aromatic heterocycles. The monoisotopic (exact) mass is 470 g/mol. The lowest BCUT2D eigenvalue weighted by Crippen LogP contribution is -2.40. The molecule has 0 unspecified atom stereocenters. The van der Waals surface area contributed by atoms with Gasteiger partial charge in [-0.05, 0) is 44.0 Å². The van der Waals surface area contributed by atoms with Crippen LogP contribution >= 0.6 is 23.2 Å². The van der Waals surface area contributed by atoms with Gasteiger partial charge in [-0.15, -0.1) is 0 Å². The zero-order valence-electron chi connectivity index (χ0n) is 16.6. The number of hydrogen-bond acceptors (Lipinski definition) is 5. The van der Waals surface area contributed by atoms with E-state index < -0.39 is 15.9 Å². The number of nitrogens with zero attached hydrogens (tertiary/aromatic N) is 1. The molecule has 30 heavy (non-hydrogen) atoms. The minimum Gasteiger partial charge on any atom is -0.490 e. The normalized spacial score (nSPS) is 15.7. The van der Waals surface area contributed by atoms with E-state index >= 15 is 0 Å². The second kappa shape index (κ2) is 10.0. The number of amides is 1. The summed E-state index contributed by atoms with van der Waals surface area (Å²) in [4.78, 5) is 14.4. The third-order valence-electron chi connectivity index (χ3n) is 4.96. The number of sulfonamides is 1. The zero-order valence-corrected chi connectivity index (χ0v) is 18.9. The molecular weight excluding hydrogens is 447 g/mol. The van der Waals surface area contributed by atoms with Crippen LogP contribution in [0.3, 0.4) is 0 Å². The maximum absolute atomic E-state index is 12.3. The standard InChI is InChI=1S/C21H24Cl2N2O4S/c1-15-2-5-18(6-3-15)30(27,28)24-21(26)10-13-25-11-8-16(9-12-25)29-17-4-7-19(22)20(23)14-17/h2-7,14,16H,8-13H2,1H3,(H,24,26). The number of aryl methyl sites for hydroxylation is 1. The number of carbonyl (C=O) groups is 1. The number of rotatable bonds is 7. The third kappa shape index (κ3) is 6.35. The Hall–Kier alpha value is -1.80. The molecule has 1 amide bonds. The molecule has 2 aromatic rings. The molecule has 1 N–H and O–H groups in total. The van der Waals surface area contributed by atoms with Gasteiger partial charge in [-0.2, -0.15) is 0 Å². The van der Waals surface area contributed by atoms with Gasteiger partial charge in [0.1, 0.15) is 11.9 Å². The SMILES string of the molecule is Cc1ccc(S(=O)(=O)NC(=O)CCN2CCC(Oc3ccc(Cl)c(Cl)c3)CC2)cc1. The number of likely N-dealkylation sites (tertiary alicyclic amines) is 1. The second-order valence-corrected chi connectivity index (χ2v) is 9.82. The van der Waals surface area contributed by atoms with Crippen LogP contribution in [0.2, 0.25) is 10.0 Å². The molecular formula is C21H24Cl2N2O4S.